The van der Waals surface area contributed by atoms with Crippen LogP contribution in [0.3, 0.4) is 0 Å². The van der Waals surface area contributed by atoms with Gasteiger partial charge in [0.2, 0.25) is 16.0 Å². The maximum atomic E-state index is 11.4. The molecule has 3 heterocycles. The van der Waals surface area contributed by atoms with E-state index in [2.05, 4.69) is 27.0 Å². The van der Waals surface area contributed by atoms with Gasteiger partial charge in [-0.2, -0.15) is 0 Å². The average Bonchev–Trinajstić information content (AvgIpc) is 3.22. The summed E-state index contributed by atoms with van der Waals surface area (Å²) in [6.07, 6.45) is 1.88. The van der Waals surface area contributed by atoms with Gasteiger partial charge in [0, 0.05) is 30.8 Å². The molecule has 0 spiro atoms. The Morgan fingerprint density at radius 1 is 1.38 bits per heavy atom. The lowest BCUT2D eigenvalue weighted by molar-refractivity contribution is 0.0321. The molecule has 3 aromatic rings. The second kappa shape index (κ2) is 7.02. The van der Waals surface area contributed by atoms with Crippen LogP contribution in [-0.2, 0) is 4.74 Å². The van der Waals surface area contributed by atoms with E-state index in [1.807, 2.05) is 12.3 Å². The molecule has 0 saturated carbocycles. The molecule has 4 rings (SSSR count). The van der Waals surface area contributed by atoms with Gasteiger partial charge in [-0.1, -0.05) is 23.5 Å². The fourth-order valence-corrected chi connectivity index (χ4v) is 3.99. The molecule has 8 nitrogen and oxygen atoms in total. The van der Waals surface area contributed by atoms with Crippen molar-refractivity contribution in [2.24, 2.45) is 5.73 Å². The van der Waals surface area contributed by atoms with Crippen LogP contribution in [0.1, 0.15) is 17.3 Å². The molecule has 1 fully saturated rings. The molecule has 26 heavy (non-hydrogen) atoms. The zero-order chi connectivity index (χ0) is 18.1. The predicted octanol–water partition coefficient (Wildman–Crippen LogP) is 1.63. The first-order valence-electron chi connectivity index (χ1n) is 8.52. The van der Waals surface area contributed by atoms with Gasteiger partial charge in [-0.05, 0) is 19.1 Å². The topological polar surface area (TPSA) is 89.0 Å². The number of fused-ring (bicyclic) bond motifs is 1. The van der Waals surface area contributed by atoms with Crippen molar-refractivity contribution in [1.82, 2.24) is 19.6 Å². The van der Waals surface area contributed by atoms with Crippen molar-refractivity contribution in [1.29, 1.82) is 0 Å². The van der Waals surface area contributed by atoms with E-state index in [0.717, 1.165) is 54.2 Å². The van der Waals surface area contributed by atoms with Gasteiger partial charge in [0.15, 0.2) is 0 Å². The van der Waals surface area contributed by atoms with E-state index >= 15 is 0 Å². The van der Waals surface area contributed by atoms with Crippen LogP contribution in [-0.4, -0.2) is 58.4 Å². The Morgan fingerprint density at radius 3 is 2.88 bits per heavy atom. The minimum absolute atomic E-state index is 0.447. The number of carbonyl (C=O) groups is 1. The number of nitrogens with zero attached hydrogens (tertiary/aromatic N) is 5. The second-order valence-corrected chi connectivity index (χ2v) is 6.90. The molecular weight excluding hydrogens is 352 g/mol. The van der Waals surface area contributed by atoms with Crippen LogP contribution in [0.25, 0.3) is 16.2 Å². The van der Waals surface area contributed by atoms with Crippen molar-refractivity contribution >= 4 is 27.3 Å². The summed E-state index contributed by atoms with van der Waals surface area (Å²) in [4.78, 5) is 16.9. The quantitative estimate of drug-likeness (QED) is 0.732. The van der Waals surface area contributed by atoms with E-state index in [4.69, 9.17) is 10.5 Å². The summed E-state index contributed by atoms with van der Waals surface area (Å²) in [5, 5.41) is 10.0. The fraction of sp³-hybridized carbons (Fsp3) is 0.353. The molecular formula is C17H20N6O2S. The van der Waals surface area contributed by atoms with E-state index in [1.165, 1.54) is 0 Å². The van der Waals surface area contributed by atoms with E-state index in [1.54, 1.807) is 34.1 Å². The van der Waals surface area contributed by atoms with Gasteiger partial charge in [0.05, 0.1) is 25.1 Å². The number of primary amides is 1. The van der Waals surface area contributed by atoms with Crippen LogP contribution < -0.4 is 10.7 Å². The Bertz CT molecular complexity index is 899. The van der Waals surface area contributed by atoms with Gasteiger partial charge in [-0.15, -0.1) is 5.10 Å². The van der Waals surface area contributed by atoms with Gasteiger partial charge < -0.3 is 10.5 Å². The largest absolute Gasteiger partial charge is 0.379 e. The van der Waals surface area contributed by atoms with Crippen LogP contribution in [0.2, 0.25) is 0 Å². The van der Waals surface area contributed by atoms with Crippen LogP contribution in [0.5, 0.6) is 0 Å². The molecule has 1 aromatic carbocycles. The molecule has 136 valence electrons. The highest BCUT2D eigenvalue weighted by molar-refractivity contribution is 7.20. The zero-order valence-electron chi connectivity index (χ0n) is 14.5. The third-order valence-electron chi connectivity index (χ3n) is 4.32. The van der Waals surface area contributed by atoms with E-state index in [0.29, 0.717) is 5.56 Å². The molecule has 0 unspecified atom stereocenters. The molecule has 1 amide bonds. The lowest BCUT2D eigenvalue weighted by atomic mass is 10.1. The summed E-state index contributed by atoms with van der Waals surface area (Å²) in [6.45, 7) is 6.14. The lowest BCUT2D eigenvalue weighted by Crippen LogP contribution is -2.49. The summed E-state index contributed by atoms with van der Waals surface area (Å²) in [6, 6.07) is 7.16. The van der Waals surface area contributed by atoms with Crippen molar-refractivity contribution in [2.75, 3.05) is 37.9 Å². The lowest BCUT2D eigenvalue weighted by Gasteiger charge is -2.36. The Hall–Kier alpha value is -2.49. The SMILES string of the molecule is CCN(c1nn2cc(-c3cccc(C(N)=O)c3)nc2s1)N1CCOCC1. The highest BCUT2D eigenvalue weighted by Crippen LogP contribution is 2.28. The number of hydrazine groups is 1. The number of benzene rings is 1. The molecule has 0 radical (unpaired) electrons. The van der Waals surface area contributed by atoms with Crippen molar-refractivity contribution in [3.05, 3.63) is 36.0 Å². The molecule has 0 atom stereocenters. The highest BCUT2D eigenvalue weighted by Gasteiger charge is 2.21. The van der Waals surface area contributed by atoms with E-state index in [-0.39, 0.29) is 0 Å². The summed E-state index contributed by atoms with van der Waals surface area (Å²) in [7, 11) is 0. The minimum atomic E-state index is -0.447. The Labute approximate surface area is 154 Å². The second-order valence-electron chi connectivity index (χ2n) is 5.96. The molecule has 0 aliphatic carbocycles. The molecule has 2 aromatic heterocycles. The third-order valence-corrected chi connectivity index (χ3v) is 5.26. The summed E-state index contributed by atoms with van der Waals surface area (Å²) >= 11 is 1.54. The van der Waals surface area contributed by atoms with Crippen molar-refractivity contribution in [3.63, 3.8) is 0 Å². The predicted molar refractivity (Wildman–Crippen MR) is 100 cm³/mol. The molecule has 1 aliphatic rings. The Balaban J connectivity index is 1.63. The highest BCUT2D eigenvalue weighted by atomic mass is 32.1. The maximum Gasteiger partial charge on any atom is 0.248 e. The molecule has 1 aliphatic heterocycles. The van der Waals surface area contributed by atoms with Gasteiger partial charge in [0.25, 0.3) is 0 Å². The number of hydrogen-bond acceptors (Lipinski definition) is 7. The number of carbonyl (C=O) groups excluding carboxylic acids is 1. The number of rotatable bonds is 5. The Kier molecular flexibility index (Phi) is 4.58. The first-order chi connectivity index (χ1) is 12.7. The zero-order valence-corrected chi connectivity index (χ0v) is 15.3. The standard InChI is InChI=1S/C17H20N6O2S/c1-2-23(21-6-8-25-9-7-21)17-20-22-11-14(19-16(22)26-17)12-4-3-5-13(10-12)15(18)24/h3-5,10-11H,2,6-9H2,1H3,(H2,18,24). The summed E-state index contributed by atoms with van der Waals surface area (Å²) in [5.74, 6) is -0.447. The summed E-state index contributed by atoms with van der Waals surface area (Å²) in [5.41, 5.74) is 7.45. The number of morpholine rings is 1. The van der Waals surface area contributed by atoms with Crippen LogP contribution in [0.15, 0.2) is 30.5 Å². The molecule has 0 bridgehead atoms. The number of imidazole rings is 1. The number of ether oxygens (including phenoxy) is 1. The maximum absolute atomic E-state index is 11.4. The van der Waals surface area contributed by atoms with Gasteiger partial charge in [-0.3, -0.25) is 9.80 Å². The van der Waals surface area contributed by atoms with Crippen LogP contribution in [0.4, 0.5) is 5.13 Å². The average molecular weight is 372 g/mol. The number of amides is 1. The van der Waals surface area contributed by atoms with Gasteiger partial charge in [0.1, 0.15) is 0 Å². The molecule has 1 saturated heterocycles. The Morgan fingerprint density at radius 2 is 2.19 bits per heavy atom. The normalized spacial score (nSPS) is 15.4. The number of hydrogen-bond donors (Lipinski definition) is 1. The van der Waals surface area contributed by atoms with Crippen molar-refractivity contribution < 1.29 is 9.53 Å². The fourth-order valence-electron chi connectivity index (χ4n) is 3.02. The number of anilines is 1. The molecule has 9 heteroatoms. The molecule has 2 N–H and O–H groups in total. The van der Waals surface area contributed by atoms with E-state index < -0.39 is 5.91 Å². The van der Waals surface area contributed by atoms with Crippen LogP contribution >= 0.6 is 11.3 Å². The first-order valence-corrected chi connectivity index (χ1v) is 9.34. The van der Waals surface area contributed by atoms with Crippen molar-refractivity contribution in [3.8, 4) is 11.3 Å². The summed E-state index contributed by atoms with van der Waals surface area (Å²) < 4.78 is 7.22. The minimum Gasteiger partial charge on any atom is -0.379 e. The monoisotopic (exact) mass is 372 g/mol. The van der Waals surface area contributed by atoms with Crippen molar-refractivity contribution in [2.45, 2.75) is 6.92 Å². The third kappa shape index (κ3) is 3.16. The number of nitrogens with two attached hydrogens (primary N) is 1. The first kappa shape index (κ1) is 17.0. The smallest absolute Gasteiger partial charge is 0.248 e. The van der Waals surface area contributed by atoms with Gasteiger partial charge in [-0.25, -0.2) is 14.5 Å². The van der Waals surface area contributed by atoms with Gasteiger partial charge >= 0.3 is 0 Å². The van der Waals surface area contributed by atoms with E-state index in [9.17, 15) is 4.79 Å². The number of aromatic nitrogens is 3. The van der Waals surface area contributed by atoms with Crippen LogP contribution in [0, 0.1) is 0 Å².